The molecule has 0 bridgehead atoms. The summed E-state index contributed by atoms with van der Waals surface area (Å²) in [5, 5.41) is 0. The van der Waals surface area contributed by atoms with Gasteiger partial charge in [0.2, 0.25) is 0 Å². The topological polar surface area (TPSA) is 41.6 Å². The number of aryl methyl sites for hydroxylation is 1. The summed E-state index contributed by atoms with van der Waals surface area (Å²) >= 11 is 0. The summed E-state index contributed by atoms with van der Waals surface area (Å²) < 4.78 is 0. The minimum atomic E-state index is 0.665. The highest BCUT2D eigenvalue weighted by molar-refractivity contribution is 5.70. The lowest BCUT2D eigenvalue weighted by Gasteiger charge is -2.03. The Morgan fingerprint density at radius 2 is 2.21 bits per heavy atom. The molecule has 0 aliphatic carbocycles. The Morgan fingerprint density at radius 3 is 2.93 bits per heavy atom. The second-order valence-electron chi connectivity index (χ2n) is 4.13. The Labute approximate surface area is 83.6 Å². The van der Waals surface area contributed by atoms with Crippen molar-refractivity contribution in [2.45, 2.75) is 27.2 Å². The van der Waals surface area contributed by atoms with E-state index >= 15 is 0 Å². The summed E-state index contributed by atoms with van der Waals surface area (Å²) in [4.78, 5) is 11.8. The van der Waals surface area contributed by atoms with E-state index in [0.29, 0.717) is 5.92 Å². The van der Waals surface area contributed by atoms with Crippen molar-refractivity contribution in [3.63, 3.8) is 0 Å². The summed E-state index contributed by atoms with van der Waals surface area (Å²) in [5.41, 5.74) is 3.13. The van der Waals surface area contributed by atoms with Crippen LogP contribution < -0.4 is 0 Å². The summed E-state index contributed by atoms with van der Waals surface area (Å²) in [6.45, 7) is 6.37. The van der Waals surface area contributed by atoms with Gasteiger partial charge in [-0.25, -0.2) is 9.97 Å². The normalized spacial score (nSPS) is 11.4. The van der Waals surface area contributed by atoms with E-state index in [4.69, 9.17) is 0 Å². The molecular formula is C11H15N3. The number of nitrogens with zero attached hydrogens (tertiary/aromatic N) is 2. The molecule has 3 heteroatoms. The minimum Gasteiger partial charge on any atom is -0.341 e. The predicted octanol–water partition coefficient (Wildman–Crippen LogP) is 2.46. The lowest BCUT2D eigenvalue weighted by Crippen LogP contribution is -1.94. The highest BCUT2D eigenvalue weighted by atomic mass is 15.0. The SMILES string of the molecule is Cc1nc2ncc(CC(C)C)cc2[nH]1. The summed E-state index contributed by atoms with van der Waals surface area (Å²) in [6.07, 6.45) is 2.99. The Bertz CT molecular complexity index is 443. The van der Waals surface area contributed by atoms with Crippen molar-refractivity contribution in [2.24, 2.45) is 5.92 Å². The first-order chi connectivity index (χ1) is 6.65. The van der Waals surface area contributed by atoms with E-state index in [9.17, 15) is 0 Å². The van der Waals surface area contributed by atoms with Crippen LogP contribution in [0.15, 0.2) is 12.3 Å². The number of pyridine rings is 1. The summed E-state index contributed by atoms with van der Waals surface area (Å²) in [7, 11) is 0. The summed E-state index contributed by atoms with van der Waals surface area (Å²) in [5.74, 6) is 1.59. The lowest BCUT2D eigenvalue weighted by atomic mass is 10.1. The second kappa shape index (κ2) is 3.40. The number of imidazole rings is 1. The fourth-order valence-electron chi connectivity index (χ4n) is 1.65. The molecule has 14 heavy (non-hydrogen) atoms. The van der Waals surface area contributed by atoms with Crippen LogP contribution in [0.1, 0.15) is 25.2 Å². The fraction of sp³-hybridized carbons (Fsp3) is 0.455. The van der Waals surface area contributed by atoms with Crippen molar-refractivity contribution in [1.29, 1.82) is 0 Å². The number of fused-ring (bicyclic) bond motifs is 1. The van der Waals surface area contributed by atoms with E-state index in [-0.39, 0.29) is 0 Å². The minimum absolute atomic E-state index is 0.665. The van der Waals surface area contributed by atoms with Crippen LogP contribution in [0.5, 0.6) is 0 Å². The zero-order valence-electron chi connectivity index (χ0n) is 8.83. The van der Waals surface area contributed by atoms with Gasteiger partial charge in [-0.05, 0) is 30.9 Å². The van der Waals surface area contributed by atoms with Crippen LogP contribution in [-0.2, 0) is 6.42 Å². The first kappa shape index (κ1) is 9.19. The third kappa shape index (κ3) is 1.76. The number of nitrogens with one attached hydrogen (secondary N) is 1. The maximum Gasteiger partial charge on any atom is 0.177 e. The molecular weight excluding hydrogens is 174 g/mol. The van der Waals surface area contributed by atoms with E-state index in [0.717, 1.165) is 23.4 Å². The number of aromatic nitrogens is 3. The first-order valence-electron chi connectivity index (χ1n) is 4.96. The highest BCUT2D eigenvalue weighted by Gasteiger charge is 2.03. The van der Waals surface area contributed by atoms with Gasteiger partial charge in [-0.2, -0.15) is 0 Å². The predicted molar refractivity (Wildman–Crippen MR) is 57.2 cm³/mol. The molecule has 0 saturated carbocycles. The third-order valence-electron chi connectivity index (χ3n) is 2.16. The highest BCUT2D eigenvalue weighted by Crippen LogP contribution is 2.13. The molecule has 0 aliphatic heterocycles. The van der Waals surface area contributed by atoms with Crippen LogP contribution in [0.4, 0.5) is 0 Å². The smallest absolute Gasteiger partial charge is 0.177 e. The van der Waals surface area contributed by atoms with Crippen LogP contribution in [0, 0.1) is 12.8 Å². The molecule has 2 aromatic heterocycles. The van der Waals surface area contributed by atoms with Gasteiger partial charge in [-0.1, -0.05) is 13.8 Å². The molecule has 0 radical (unpaired) electrons. The number of rotatable bonds is 2. The average molecular weight is 189 g/mol. The molecule has 74 valence electrons. The van der Waals surface area contributed by atoms with Gasteiger partial charge in [0.15, 0.2) is 5.65 Å². The third-order valence-corrected chi connectivity index (χ3v) is 2.16. The largest absolute Gasteiger partial charge is 0.341 e. The van der Waals surface area contributed by atoms with Crippen molar-refractivity contribution < 1.29 is 0 Å². The zero-order valence-corrected chi connectivity index (χ0v) is 8.83. The first-order valence-corrected chi connectivity index (χ1v) is 4.96. The zero-order chi connectivity index (χ0) is 10.1. The monoisotopic (exact) mass is 189 g/mol. The maximum absolute atomic E-state index is 4.31. The standard InChI is InChI=1S/C11H15N3/c1-7(2)4-9-5-10-11(12-6-9)14-8(3)13-10/h5-7H,4H2,1-3H3,(H,12,13,14). The molecule has 3 nitrogen and oxygen atoms in total. The number of aromatic amines is 1. The maximum atomic E-state index is 4.31. The van der Waals surface area contributed by atoms with Gasteiger partial charge in [0, 0.05) is 6.20 Å². The molecule has 2 aromatic rings. The van der Waals surface area contributed by atoms with Crippen molar-refractivity contribution in [1.82, 2.24) is 15.0 Å². The van der Waals surface area contributed by atoms with Gasteiger partial charge >= 0.3 is 0 Å². The summed E-state index contributed by atoms with van der Waals surface area (Å²) in [6, 6.07) is 2.14. The van der Waals surface area contributed by atoms with E-state index in [2.05, 4.69) is 34.9 Å². The molecule has 0 unspecified atom stereocenters. The van der Waals surface area contributed by atoms with E-state index < -0.39 is 0 Å². The quantitative estimate of drug-likeness (QED) is 0.788. The van der Waals surface area contributed by atoms with E-state index in [1.165, 1.54) is 5.56 Å². The number of hydrogen-bond donors (Lipinski definition) is 1. The van der Waals surface area contributed by atoms with E-state index in [1.807, 2.05) is 13.1 Å². The second-order valence-corrected chi connectivity index (χ2v) is 4.13. The Balaban J connectivity index is 2.40. The fourth-order valence-corrected chi connectivity index (χ4v) is 1.65. The van der Waals surface area contributed by atoms with Gasteiger partial charge in [-0.3, -0.25) is 0 Å². The number of hydrogen-bond acceptors (Lipinski definition) is 2. The van der Waals surface area contributed by atoms with Crippen molar-refractivity contribution in [2.75, 3.05) is 0 Å². The molecule has 0 fully saturated rings. The molecule has 1 N–H and O–H groups in total. The molecule has 2 heterocycles. The molecule has 0 spiro atoms. The number of H-pyrrole nitrogens is 1. The van der Waals surface area contributed by atoms with Crippen LogP contribution in [0.25, 0.3) is 11.2 Å². The Morgan fingerprint density at radius 1 is 1.43 bits per heavy atom. The Hall–Kier alpha value is -1.38. The van der Waals surface area contributed by atoms with Gasteiger partial charge in [-0.15, -0.1) is 0 Å². The van der Waals surface area contributed by atoms with Crippen LogP contribution in [0.2, 0.25) is 0 Å². The van der Waals surface area contributed by atoms with Crippen LogP contribution >= 0.6 is 0 Å². The van der Waals surface area contributed by atoms with Gasteiger partial charge in [0.05, 0.1) is 5.52 Å². The van der Waals surface area contributed by atoms with Crippen molar-refractivity contribution in [3.05, 3.63) is 23.7 Å². The molecule has 0 aliphatic rings. The van der Waals surface area contributed by atoms with Crippen LogP contribution in [-0.4, -0.2) is 15.0 Å². The van der Waals surface area contributed by atoms with E-state index in [1.54, 1.807) is 0 Å². The van der Waals surface area contributed by atoms with Crippen LogP contribution in [0.3, 0.4) is 0 Å². The molecule has 2 rings (SSSR count). The molecule has 0 amide bonds. The molecule has 0 aromatic carbocycles. The van der Waals surface area contributed by atoms with Gasteiger partial charge < -0.3 is 4.98 Å². The van der Waals surface area contributed by atoms with Crippen molar-refractivity contribution in [3.8, 4) is 0 Å². The average Bonchev–Trinajstić information content (AvgIpc) is 2.42. The van der Waals surface area contributed by atoms with Gasteiger partial charge in [0.25, 0.3) is 0 Å². The lowest BCUT2D eigenvalue weighted by molar-refractivity contribution is 0.646. The van der Waals surface area contributed by atoms with Gasteiger partial charge in [0.1, 0.15) is 5.82 Å². The van der Waals surface area contributed by atoms with Crippen molar-refractivity contribution >= 4 is 11.2 Å². The molecule has 0 saturated heterocycles. The Kier molecular flexibility index (Phi) is 2.23. The molecule has 0 atom stereocenters.